The molecule has 102 valence electrons. The molecule has 0 aliphatic carbocycles. The predicted octanol–water partition coefficient (Wildman–Crippen LogP) is 1.98. The Labute approximate surface area is 118 Å². The van der Waals surface area contributed by atoms with Crippen LogP contribution in [0.15, 0.2) is 12.1 Å². The Hall–Kier alpha value is -1.38. The lowest BCUT2D eigenvalue weighted by atomic mass is 10.2. The lowest BCUT2D eigenvalue weighted by molar-refractivity contribution is 0.0620. The molecule has 1 fully saturated rings. The Morgan fingerprint density at radius 1 is 1.42 bits per heavy atom. The van der Waals surface area contributed by atoms with Gasteiger partial charge >= 0.3 is 0 Å². The molecular weight excluding hydrogens is 258 g/mol. The van der Waals surface area contributed by atoms with E-state index in [4.69, 9.17) is 5.26 Å². The molecule has 0 saturated carbocycles. The van der Waals surface area contributed by atoms with Crippen LogP contribution in [-0.4, -0.2) is 47.9 Å². The number of piperazine rings is 1. The van der Waals surface area contributed by atoms with Gasteiger partial charge in [-0.3, -0.25) is 9.69 Å². The second kappa shape index (κ2) is 6.18. The normalized spacial score (nSPS) is 18.1. The lowest BCUT2D eigenvalue weighted by Gasteiger charge is -2.35. The third-order valence-corrected chi connectivity index (χ3v) is 4.77. The minimum absolute atomic E-state index is 0.0642. The fraction of sp³-hybridized carbons (Fsp3) is 0.571. The summed E-state index contributed by atoms with van der Waals surface area (Å²) in [5, 5.41) is 8.90. The minimum atomic E-state index is -0.0642. The van der Waals surface area contributed by atoms with Crippen LogP contribution in [-0.2, 0) is 6.42 Å². The molecule has 1 aliphatic heterocycles. The largest absolute Gasteiger partial charge is 0.335 e. The summed E-state index contributed by atoms with van der Waals surface area (Å²) in [6, 6.07) is 6.14. The van der Waals surface area contributed by atoms with Crippen LogP contribution >= 0.6 is 11.3 Å². The molecule has 19 heavy (non-hydrogen) atoms. The van der Waals surface area contributed by atoms with Gasteiger partial charge in [0.15, 0.2) is 0 Å². The zero-order valence-electron chi connectivity index (χ0n) is 11.4. The van der Waals surface area contributed by atoms with E-state index in [1.807, 2.05) is 24.0 Å². The van der Waals surface area contributed by atoms with Crippen molar-refractivity contribution in [3.63, 3.8) is 0 Å². The summed E-state index contributed by atoms with van der Waals surface area (Å²) in [5.41, 5.74) is 0. The number of amides is 1. The first-order valence-corrected chi connectivity index (χ1v) is 7.49. The summed E-state index contributed by atoms with van der Waals surface area (Å²) in [4.78, 5) is 18.4. The van der Waals surface area contributed by atoms with Crippen LogP contribution in [0.3, 0.4) is 0 Å². The van der Waals surface area contributed by atoms with Crippen molar-refractivity contribution in [3.05, 3.63) is 21.9 Å². The number of rotatable bonds is 3. The topological polar surface area (TPSA) is 47.3 Å². The monoisotopic (exact) mass is 277 g/mol. The standard InChI is InChI=1S/C14H19N3OS/c1-3-12-4-5-13(19-12)14(18)17-8-6-16(7-9-17)11(2)10-15/h4-5,11H,3,6-9H2,1-2H3. The maximum atomic E-state index is 12.3. The summed E-state index contributed by atoms with van der Waals surface area (Å²) in [5.74, 6) is 0.133. The van der Waals surface area contributed by atoms with Crippen LogP contribution in [0.5, 0.6) is 0 Å². The Morgan fingerprint density at radius 2 is 2.11 bits per heavy atom. The summed E-state index contributed by atoms with van der Waals surface area (Å²) in [6.07, 6.45) is 0.978. The van der Waals surface area contributed by atoms with Crippen LogP contribution in [0.25, 0.3) is 0 Å². The van der Waals surface area contributed by atoms with Crippen LogP contribution < -0.4 is 0 Å². The molecular formula is C14H19N3OS. The zero-order valence-corrected chi connectivity index (χ0v) is 12.2. The van der Waals surface area contributed by atoms with Crippen molar-refractivity contribution in [2.24, 2.45) is 0 Å². The molecule has 0 aromatic carbocycles. The van der Waals surface area contributed by atoms with Crippen molar-refractivity contribution in [1.82, 2.24) is 9.80 Å². The molecule has 0 N–H and O–H groups in total. The molecule has 1 aromatic heterocycles. The molecule has 5 heteroatoms. The molecule has 0 radical (unpaired) electrons. The molecule has 1 amide bonds. The third-order valence-electron chi connectivity index (χ3n) is 3.56. The van der Waals surface area contributed by atoms with Gasteiger partial charge in [-0.2, -0.15) is 5.26 Å². The number of thiophene rings is 1. The maximum Gasteiger partial charge on any atom is 0.264 e. The second-order valence-corrected chi connectivity index (χ2v) is 5.92. The van der Waals surface area contributed by atoms with E-state index < -0.39 is 0 Å². The van der Waals surface area contributed by atoms with Crippen molar-refractivity contribution < 1.29 is 4.79 Å². The predicted molar refractivity (Wildman–Crippen MR) is 76.2 cm³/mol. The molecule has 1 aliphatic rings. The molecule has 2 rings (SSSR count). The minimum Gasteiger partial charge on any atom is -0.335 e. The van der Waals surface area contributed by atoms with Crippen molar-refractivity contribution in [1.29, 1.82) is 5.26 Å². The Bertz CT molecular complexity index is 483. The van der Waals surface area contributed by atoms with Gasteiger partial charge in [0.1, 0.15) is 0 Å². The van der Waals surface area contributed by atoms with E-state index in [2.05, 4.69) is 17.9 Å². The number of nitrogens with zero attached hydrogens (tertiary/aromatic N) is 3. The highest BCUT2D eigenvalue weighted by molar-refractivity contribution is 7.14. The fourth-order valence-corrected chi connectivity index (χ4v) is 3.15. The van der Waals surface area contributed by atoms with E-state index in [9.17, 15) is 4.79 Å². The number of hydrogen-bond donors (Lipinski definition) is 0. The summed E-state index contributed by atoms with van der Waals surface area (Å²) in [7, 11) is 0. The smallest absolute Gasteiger partial charge is 0.264 e. The van der Waals surface area contributed by atoms with E-state index in [1.54, 1.807) is 11.3 Å². The van der Waals surface area contributed by atoms with Gasteiger partial charge in [-0.1, -0.05) is 6.92 Å². The van der Waals surface area contributed by atoms with Gasteiger partial charge in [-0.25, -0.2) is 0 Å². The van der Waals surface area contributed by atoms with Crippen LogP contribution in [0, 0.1) is 11.3 Å². The van der Waals surface area contributed by atoms with Crippen LogP contribution in [0.1, 0.15) is 28.4 Å². The van der Waals surface area contributed by atoms with Crippen molar-refractivity contribution in [3.8, 4) is 6.07 Å². The molecule has 0 bridgehead atoms. The van der Waals surface area contributed by atoms with Gasteiger partial charge in [0, 0.05) is 31.1 Å². The SMILES string of the molecule is CCc1ccc(C(=O)N2CCN(C(C)C#N)CC2)s1. The lowest BCUT2D eigenvalue weighted by Crippen LogP contribution is -2.50. The van der Waals surface area contributed by atoms with E-state index >= 15 is 0 Å². The quantitative estimate of drug-likeness (QED) is 0.849. The number of aryl methyl sites for hydroxylation is 1. The Balaban J connectivity index is 1.94. The summed E-state index contributed by atoms with van der Waals surface area (Å²) >= 11 is 1.59. The van der Waals surface area contributed by atoms with E-state index in [0.29, 0.717) is 13.1 Å². The molecule has 1 aromatic rings. The summed E-state index contributed by atoms with van der Waals surface area (Å²) < 4.78 is 0. The first-order valence-electron chi connectivity index (χ1n) is 6.67. The van der Waals surface area contributed by atoms with Crippen LogP contribution in [0.4, 0.5) is 0 Å². The Kier molecular flexibility index (Phi) is 4.56. The molecule has 1 atom stereocenters. The summed E-state index contributed by atoms with van der Waals surface area (Å²) in [6.45, 7) is 7.00. The fourth-order valence-electron chi connectivity index (χ4n) is 2.23. The number of carbonyl (C=O) groups is 1. The van der Waals surface area contributed by atoms with E-state index in [1.165, 1.54) is 4.88 Å². The van der Waals surface area contributed by atoms with Gasteiger partial charge in [0.05, 0.1) is 17.0 Å². The number of hydrogen-bond acceptors (Lipinski definition) is 4. The van der Waals surface area contributed by atoms with Gasteiger partial charge in [0.25, 0.3) is 5.91 Å². The van der Waals surface area contributed by atoms with Gasteiger partial charge in [0.2, 0.25) is 0 Å². The van der Waals surface area contributed by atoms with Gasteiger partial charge < -0.3 is 4.90 Å². The van der Waals surface area contributed by atoms with Crippen molar-refractivity contribution in [2.45, 2.75) is 26.3 Å². The van der Waals surface area contributed by atoms with Crippen LogP contribution in [0.2, 0.25) is 0 Å². The first kappa shape index (κ1) is 14.0. The molecule has 4 nitrogen and oxygen atoms in total. The Morgan fingerprint density at radius 3 is 2.63 bits per heavy atom. The molecule has 0 spiro atoms. The molecule has 1 unspecified atom stereocenters. The average Bonchev–Trinajstić information content (AvgIpc) is 2.94. The van der Waals surface area contributed by atoms with E-state index in [0.717, 1.165) is 24.4 Å². The highest BCUT2D eigenvalue weighted by Crippen LogP contribution is 2.19. The van der Waals surface area contributed by atoms with Crippen molar-refractivity contribution in [2.75, 3.05) is 26.2 Å². The third kappa shape index (κ3) is 3.14. The number of nitriles is 1. The average molecular weight is 277 g/mol. The second-order valence-electron chi connectivity index (χ2n) is 4.75. The first-order chi connectivity index (χ1) is 9.15. The van der Waals surface area contributed by atoms with Gasteiger partial charge in [-0.15, -0.1) is 11.3 Å². The number of carbonyl (C=O) groups excluding carboxylic acids is 1. The molecule has 1 saturated heterocycles. The maximum absolute atomic E-state index is 12.3. The zero-order chi connectivity index (χ0) is 13.8. The van der Waals surface area contributed by atoms with Crippen molar-refractivity contribution >= 4 is 17.2 Å². The highest BCUT2D eigenvalue weighted by Gasteiger charge is 2.25. The molecule has 2 heterocycles. The highest BCUT2D eigenvalue weighted by atomic mass is 32.1. The van der Waals surface area contributed by atoms with Gasteiger partial charge in [-0.05, 0) is 25.5 Å². The van der Waals surface area contributed by atoms with E-state index in [-0.39, 0.29) is 11.9 Å².